The first kappa shape index (κ1) is 23.7. The fourth-order valence-corrected chi connectivity index (χ4v) is 5.49. The second-order valence-corrected chi connectivity index (χ2v) is 9.55. The molecule has 2 aromatic rings. The summed E-state index contributed by atoms with van der Waals surface area (Å²) in [6.45, 7) is 11.0. The third kappa shape index (κ3) is 4.04. The van der Waals surface area contributed by atoms with Crippen molar-refractivity contribution < 1.29 is 13.9 Å². The standard InChI is InChI=1S/C27H25Br2NO3/c1-6-30-24-15(4)13-20-21(17-10-8-9-11-18(17)27(31)32-7-2)19-12-14(3)16(5)22(28)25(19)33-26(20)23(24)29/h8-13H,6-7H2,1-5H3/b30-24+. The topological polar surface area (TPSA) is 51.8 Å². The van der Waals surface area contributed by atoms with Gasteiger partial charge in [-0.2, -0.15) is 0 Å². The minimum absolute atomic E-state index is 0.315. The van der Waals surface area contributed by atoms with Gasteiger partial charge < -0.3 is 9.15 Å². The van der Waals surface area contributed by atoms with Crippen molar-refractivity contribution in [1.82, 2.24) is 0 Å². The summed E-state index contributed by atoms with van der Waals surface area (Å²) in [6, 6.07) is 11.8. The number of fused-ring (bicyclic) bond motifs is 2. The lowest BCUT2D eigenvalue weighted by molar-refractivity contribution is 0.0527. The summed E-state index contributed by atoms with van der Waals surface area (Å²) < 4.78 is 13.6. The molecule has 0 saturated carbocycles. The Morgan fingerprint density at radius 1 is 1.00 bits per heavy atom. The lowest BCUT2D eigenvalue weighted by Gasteiger charge is -2.21. The molecule has 0 N–H and O–H groups in total. The van der Waals surface area contributed by atoms with E-state index in [-0.39, 0.29) is 5.97 Å². The summed E-state index contributed by atoms with van der Waals surface area (Å²) >= 11 is 7.52. The molecule has 0 atom stereocenters. The van der Waals surface area contributed by atoms with Crippen molar-refractivity contribution in [3.05, 3.63) is 73.0 Å². The van der Waals surface area contributed by atoms with Crippen molar-refractivity contribution >= 4 is 48.8 Å². The molecule has 4 nitrogen and oxygen atoms in total. The molecule has 1 aliphatic heterocycles. The molecule has 2 aromatic carbocycles. The highest BCUT2D eigenvalue weighted by Crippen LogP contribution is 2.46. The maximum Gasteiger partial charge on any atom is 0.338 e. The van der Waals surface area contributed by atoms with Gasteiger partial charge in [0.2, 0.25) is 0 Å². The van der Waals surface area contributed by atoms with Crippen molar-refractivity contribution in [2.45, 2.75) is 34.6 Å². The lowest BCUT2D eigenvalue weighted by Crippen LogP contribution is -2.13. The van der Waals surface area contributed by atoms with E-state index in [0.29, 0.717) is 24.5 Å². The summed E-state index contributed by atoms with van der Waals surface area (Å²) in [5.74, 6) is 0.351. The number of nitrogens with zero attached hydrogens (tertiary/aromatic N) is 1. The SMILES string of the molecule is CC/N=c1\c(C)cc2c(-c3ccccc3C(=O)OCC)c3cc(C)c(C)c(Br)c3oc-2c1Br. The Balaban J connectivity index is 2.26. The lowest BCUT2D eigenvalue weighted by atomic mass is 9.89. The molecule has 0 radical (unpaired) electrons. The second kappa shape index (κ2) is 9.43. The van der Waals surface area contributed by atoms with Crippen LogP contribution in [0.15, 0.2) is 54.8 Å². The van der Waals surface area contributed by atoms with Crippen LogP contribution in [-0.4, -0.2) is 19.1 Å². The molecule has 6 heteroatoms. The molecule has 0 bridgehead atoms. The molecule has 0 spiro atoms. The summed E-state index contributed by atoms with van der Waals surface area (Å²) in [5.41, 5.74) is 7.18. The van der Waals surface area contributed by atoms with Gasteiger partial charge in [0.05, 0.1) is 26.5 Å². The van der Waals surface area contributed by atoms with Crippen molar-refractivity contribution in [2.24, 2.45) is 4.99 Å². The van der Waals surface area contributed by atoms with Crippen LogP contribution in [0, 0.1) is 20.8 Å². The number of hydrogen-bond acceptors (Lipinski definition) is 4. The first-order valence-electron chi connectivity index (χ1n) is 10.9. The minimum Gasteiger partial charge on any atom is -0.462 e. The number of esters is 1. The Kier molecular flexibility index (Phi) is 6.78. The molecule has 1 aliphatic carbocycles. The maximum atomic E-state index is 12.9. The number of hydrogen-bond donors (Lipinski definition) is 0. The van der Waals surface area contributed by atoms with E-state index in [9.17, 15) is 4.79 Å². The summed E-state index contributed by atoms with van der Waals surface area (Å²) in [5, 5.41) is 1.80. The van der Waals surface area contributed by atoms with Crippen LogP contribution in [0.3, 0.4) is 0 Å². The third-order valence-corrected chi connectivity index (χ3v) is 7.55. The Hall–Kier alpha value is -2.44. The zero-order valence-corrected chi connectivity index (χ0v) is 22.5. The summed E-state index contributed by atoms with van der Waals surface area (Å²) in [7, 11) is 0. The highest BCUT2D eigenvalue weighted by molar-refractivity contribution is 9.11. The highest BCUT2D eigenvalue weighted by Gasteiger charge is 2.26. The smallest absolute Gasteiger partial charge is 0.338 e. The molecule has 0 amide bonds. The van der Waals surface area contributed by atoms with Crippen LogP contribution in [0.1, 0.15) is 40.9 Å². The number of rotatable bonds is 4. The predicted octanol–water partition coefficient (Wildman–Crippen LogP) is 7.75. The van der Waals surface area contributed by atoms with Gasteiger partial charge in [0, 0.05) is 23.1 Å². The van der Waals surface area contributed by atoms with Crippen molar-refractivity contribution in [3.63, 3.8) is 0 Å². The molecule has 4 rings (SSSR count). The van der Waals surface area contributed by atoms with E-state index in [4.69, 9.17) is 9.15 Å². The van der Waals surface area contributed by atoms with E-state index < -0.39 is 0 Å². The average Bonchev–Trinajstić information content (AvgIpc) is 2.80. The second-order valence-electron chi connectivity index (χ2n) is 7.96. The number of benzene rings is 3. The molecule has 2 aliphatic rings. The number of carbonyl (C=O) groups excluding carboxylic acids is 1. The maximum absolute atomic E-state index is 12.9. The van der Waals surface area contributed by atoms with Gasteiger partial charge >= 0.3 is 5.97 Å². The van der Waals surface area contributed by atoms with Crippen molar-refractivity contribution in [1.29, 1.82) is 0 Å². The van der Waals surface area contributed by atoms with E-state index in [2.05, 4.69) is 62.8 Å². The number of carbonyl (C=O) groups is 1. The predicted molar refractivity (Wildman–Crippen MR) is 140 cm³/mol. The van der Waals surface area contributed by atoms with Gasteiger partial charge in [-0.05, 0) is 107 Å². The van der Waals surface area contributed by atoms with Gasteiger partial charge in [0.15, 0.2) is 5.76 Å². The van der Waals surface area contributed by atoms with Crippen LogP contribution in [0.4, 0.5) is 0 Å². The quantitative estimate of drug-likeness (QED) is 0.186. The van der Waals surface area contributed by atoms with Gasteiger partial charge in [0.25, 0.3) is 0 Å². The van der Waals surface area contributed by atoms with Gasteiger partial charge in [0.1, 0.15) is 5.58 Å². The molecule has 0 saturated heterocycles. The van der Waals surface area contributed by atoms with Crippen molar-refractivity contribution in [2.75, 3.05) is 13.2 Å². The average molecular weight is 571 g/mol. The zero-order chi connectivity index (χ0) is 23.9. The number of halogens is 2. The molecule has 0 fully saturated rings. The first-order chi connectivity index (χ1) is 15.8. The van der Waals surface area contributed by atoms with Gasteiger partial charge in [-0.15, -0.1) is 0 Å². The highest BCUT2D eigenvalue weighted by atomic mass is 79.9. The van der Waals surface area contributed by atoms with E-state index in [0.717, 1.165) is 58.7 Å². The molecule has 1 heterocycles. The fourth-order valence-electron chi connectivity index (χ4n) is 4.15. The van der Waals surface area contributed by atoms with Crippen LogP contribution in [0.25, 0.3) is 33.4 Å². The van der Waals surface area contributed by atoms with Crippen LogP contribution in [0.2, 0.25) is 0 Å². The third-order valence-electron chi connectivity index (χ3n) is 5.86. The van der Waals surface area contributed by atoms with Crippen molar-refractivity contribution in [3.8, 4) is 22.5 Å². The Morgan fingerprint density at radius 3 is 2.42 bits per heavy atom. The van der Waals surface area contributed by atoms with Crippen LogP contribution < -0.4 is 5.36 Å². The van der Waals surface area contributed by atoms with E-state index >= 15 is 0 Å². The summed E-state index contributed by atoms with van der Waals surface area (Å²) in [6.07, 6.45) is 0. The summed E-state index contributed by atoms with van der Waals surface area (Å²) in [4.78, 5) is 17.6. The zero-order valence-electron chi connectivity index (χ0n) is 19.3. The van der Waals surface area contributed by atoms with E-state index in [1.165, 1.54) is 0 Å². The number of ether oxygens (including phenoxy) is 1. The largest absolute Gasteiger partial charge is 0.462 e. The van der Waals surface area contributed by atoms with Gasteiger partial charge in [-0.1, -0.05) is 18.2 Å². The first-order valence-corrected chi connectivity index (χ1v) is 12.5. The van der Waals surface area contributed by atoms with Crippen LogP contribution in [0.5, 0.6) is 0 Å². The minimum atomic E-state index is -0.341. The van der Waals surface area contributed by atoms with E-state index in [1.807, 2.05) is 45.0 Å². The van der Waals surface area contributed by atoms with Crippen LogP contribution in [-0.2, 0) is 4.74 Å². The van der Waals surface area contributed by atoms with Gasteiger partial charge in [-0.25, -0.2) is 4.79 Å². The monoisotopic (exact) mass is 569 g/mol. The Bertz CT molecular complexity index is 1440. The molecule has 0 unspecified atom stereocenters. The number of aryl methyl sites for hydroxylation is 2. The van der Waals surface area contributed by atoms with Crippen LogP contribution >= 0.6 is 31.9 Å². The fraction of sp³-hybridized carbons (Fsp3) is 0.259. The van der Waals surface area contributed by atoms with Gasteiger partial charge in [-0.3, -0.25) is 4.99 Å². The molecule has 170 valence electrons. The Labute approximate surface area is 210 Å². The normalized spacial score (nSPS) is 12.0. The Morgan fingerprint density at radius 2 is 1.73 bits per heavy atom. The van der Waals surface area contributed by atoms with E-state index in [1.54, 1.807) is 0 Å². The molecule has 0 aromatic heterocycles. The molecule has 33 heavy (non-hydrogen) atoms. The molecular formula is C27H25Br2NO3. The molecular weight excluding hydrogens is 546 g/mol.